The molecule has 0 aromatic rings. The van der Waals surface area contributed by atoms with Crippen molar-refractivity contribution in [1.29, 1.82) is 0 Å². The molecule has 133 valence electrons. The maximum Gasteiger partial charge on any atom is -1.00 e. The molecule has 0 fully saturated rings. The maximum absolute atomic E-state index is 2.55. The van der Waals surface area contributed by atoms with Gasteiger partial charge in [0.2, 0.25) is 0 Å². The zero-order valence-corrected chi connectivity index (χ0v) is 21.0. The summed E-state index contributed by atoms with van der Waals surface area (Å²) in [6, 6.07) is 0. The van der Waals surface area contributed by atoms with Crippen molar-refractivity contribution in [1.82, 2.24) is 0 Å². The molecule has 0 atom stereocenters. The van der Waals surface area contributed by atoms with Crippen LogP contribution in [0.4, 0.5) is 0 Å². The van der Waals surface area contributed by atoms with Gasteiger partial charge in [-0.1, -0.05) is 0 Å². The van der Waals surface area contributed by atoms with Gasteiger partial charge in [0.05, 0.1) is 0 Å². The summed E-state index contributed by atoms with van der Waals surface area (Å²) in [6.45, 7) is 14.7. The van der Waals surface area contributed by atoms with E-state index < -0.39 is 21.9 Å². The summed E-state index contributed by atoms with van der Waals surface area (Å²) in [5.41, 5.74) is 7.27. The molecule has 2 aliphatic carbocycles. The van der Waals surface area contributed by atoms with Crippen molar-refractivity contribution in [3.05, 3.63) is 43.8 Å². The van der Waals surface area contributed by atoms with Crippen molar-refractivity contribution in [2.45, 2.75) is 72.9 Å². The Morgan fingerprint density at radius 3 is 2.04 bits per heavy atom. The minimum Gasteiger partial charge on any atom is -1.00 e. The Morgan fingerprint density at radius 1 is 1.04 bits per heavy atom. The van der Waals surface area contributed by atoms with E-state index in [4.69, 9.17) is 0 Å². The quantitative estimate of drug-likeness (QED) is 0.503. The standard InChI is InChI=1S/C18H25.C2H6Si.2ClH.Zr/c1-5-15-16(14-11-9-10-12-14)13-18(7-3,8-4)17(15)6-2;1-3-2;;;/h9-11H,5-8,12H2,1-4H3;1-2H3;2*1H;/q;;;;+2/p-2. The SMILES string of the molecule is CCC1=C(CC)C(CC)(CC)[C]([Zr+2]=[Si](C)C)=C1C1=CC=CC1.[Cl-].[Cl-]. The molecule has 0 aromatic carbocycles. The van der Waals surface area contributed by atoms with E-state index in [-0.39, 0.29) is 30.2 Å². The predicted molar refractivity (Wildman–Crippen MR) is 97.0 cm³/mol. The molecule has 2 rings (SSSR count). The van der Waals surface area contributed by atoms with Gasteiger partial charge in [-0.3, -0.25) is 0 Å². The average Bonchev–Trinajstić information content (AvgIpc) is 3.10. The molecule has 0 amide bonds. The molecule has 0 nitrogen and oxygen atoms in total. The van der Waals surface area contributed by atoms with Gasteiger partial charge in [0.1, 0.15) is 0 Å². The molecule has 2 aliphatic rings. The summed E-state index contributed by atoms with van der Waals surface area (Å²) in [5.74, 6) is 0. The topological polar surface area (TPSA) is 0 Å². The number of allylic oxidation sites excluding steroid dienone is 8. The van der Waals surface area contributed by atoms with Gasteiger partial charge in [0.25, 0.3) is 0 Å². The second-order valence-corrected chi connectivity index (χ2v) is 19.3. The van der Waals surface area contributed by atoms with Gasteiger partial charge < -0.3 is 24.8 Å². The fourth-order valence-electron chi connectivity index (χ4n) is 4.37. The van der Waals surface area contributed by atoms with Gasteiger partial charge in [-0.15, -0.1) is 0 Å². The number of halogens is 2. The first-order valence-electron chi connectivity index (χ1n) is 8.96. The van der Waals surface area contributed by atoms with Gasteiger partial charge >= 0.3 is 149 Å². The maximum atomic E-state index is 2.55. The third-order valence-electron chi connectivity index (χ3n) is 5.35. The monoisotopic (exact) mass is 459 g/mol. The first-order chi connectivity index (χ1) is 10.6. The molecule has 0 saturated heterocycles. The molecule has 4 heteroatoms. The Bertz CT molecular complexity index is 601. The van der Waals surface area contributed by atoms with Crippen molar-refractivity contribution in [3.8, 4) is 0 Å². The molecule has 24 heavy (non-hydrogen) atoms. The molecule has 0 aromatic heterocycles. The Labute approximate surface area is 173 Å². The zero-order chi connectivity index (χ0) is 16.3. The fourth-order valence-corrected chi connectivity index (χ4v) is 13.6. The van der Waals surface area contributed by atoms with E-state index >= 15 is 0 Å². The molecule has 0 N–H and O–H groups in total. The van der Waals surface area contributed by atoms with Gasteiger partial charge in [0.15, 0.2) is 0 Å². The zero-order valence-electron chi connectivity index (χ0n) is 16.0. The van der Waals surface area contributed by atoms with Crippen LogP contribution in [0.15, 0.2) is 43.8 Å². The molecule has 0 radical (unpaired) electrons. The van der Waals surface area contributed by atoms with Crippen molar-refractivity contribution >= 4 is 5.43 Å². The minimum atomic E-state index is -0.420. The first kappa shape index (κ1) is 24.6. The van der Waals surface area contributed by atoms with Crippen LogP contribution in [0.2, 0.25) is 13.1 Å². The third kappa shape index (κ3) is 4.30. The van der Waals surface area contributed by atoms with Crippen LogP contribution >= 0.6 is 0 Å². The van der Waals surface area contributed by atoms with Crippen LogP contribution in [0.1, 0.15) is 59.8 Å². The van der Waals surface area contributed by atoms with Gasteiger partial charge in [-0.05, 0) is 0 Å². The van der Waals surface area contributed by atoms with Crippen molar-refractivity contribution in [2.24, 2.45) is 5.41 Å². The van der Waals surface area contributed by atoms with Crippen LogP contribution in [-0.4, -0.2) is 5.43 Å². The first-order valence-corrected chi connectivity index (χ1v) is 16.4. The molecule has 0 saturated carbocycles. The Balaban J connectivity index is 0.00000264. The molecule has 0 bridgehead atoms. The van der Waals surface area contributed by atoms with Gasteiger partial charge in [0, 0.05) is 0 Å². The number of hydrogen-bond acceptors (Lipinski definition) is 0. The van der Waals surface area contributed by atoms with Crippen molar-refractivity contribution < 1.29 is 46.7 Å². The Morgan fingerprint density at radius 2 is 1.67 bits per heavy atom. The molecule has 0 aliphatic heterocycles. The summed E-state index contributed by atoms with van der Waals surface area (Å²) >= 11 is -0.420. The number of hydrogen-bond donors (Lipinski definition) is 0. The van der Waals surface area contributed by atoms with Crippen LogP contribution in [0.25, 0.3) is 0 Å². The smallest absolute Gasteiger partial charge is 1.00 e. The fraction of sp³-hybridized carbons (Fsp3) is 0.600. The van der Waals surface area contributed by atoms with Crippen molar-refractivity contribution in [3.63, 3.8) is 0 Å². The summed E-state index contributed by atoms with van der Waals surface area (Å²) in [5, 5.41) is 0. The van der Waals surface area contributed by atoms with Gasteiger partial charge in [-0.2, -0.15) is 0 Å². The van der Waals surface area contributed by atoms with E-state index in [9.17, 15) is 0 Å². The van der Waals surface area contributed by atoms with Crippen LogP contribution in [0, 0.1) is 5.41 Å². The van der Waals surface area contributed by atoms with E-state index in [1.54, 1.807) is 16.7 Å². The van der Waals surface area contributed by atoms with Crippen LogP contribution < -0.4 is 24.8 Å². The average molecular weight is 462 g/mol. The van der Waals surface area contributed by atoms with Gasteiger partial charge in [-0.25, -0.2) is 0 Å². The minimum absolute atomic E-state index is 0. The summed E-state index contributed by atoms with van der Waals surface area (Å²) in [7, 11) is 0. The third-order valence-corrected chi connectivity index (χ3v) is 13.4. The van der Waals surface area contributed by atoms with Crippen LogP contribution in [-0.2, 0) is 21.9 Å². The Hall–Kier alpha value is 0.640. The van der Waals surface area contributed by atoms with E-state index in [1.807, 2.05) is 8.85 Å². The second kappa shape index (κ2) is 10.7. The van der Waals surface area contributed by atoms with E-state index in [2.05, 4.69) is 59.0 Å². The summed E-state index contributed by atoms with van der Waals surface area (Å²) in [4.78, 5) is 0. The Kier molecular flexibility index (Phi) is 11.0. The summed E-state index contributed by atoms with van der Waals surface area (Å²) in [6.07, 6.45) is 13.3. The van der Waals surface area contributed by atoms with Crippen LogP contribution in [0.3, 0.4) is 0 Å². The van der Waals surface area contributed by atoms with E-state index in [0.717, 1.165) is 6.42 Å². The number of rotatable bonds is 6. The molecule has 0 spiro atoms. The predicted octanol–water partition coefficient (Wildman–Crippen LogP) is 0.405. The van der Waals surface area contributed by atoms with E-state index in [0.29, 0.717) is 5.41 Å². The molecule has 0 heterocycles. The van der Waals surface area contributed by atoms with Crippen LogP contribution in [0.5, 0.6) is 0 Å². The molecule has 0 unspecified atom stereocenters. The largest absolute Gasteiger partial charge is 1.00 e. The normalized spacial score (nSPS) is 18.2. The molecular formula is C20H31Cl2SiZr. The van der Waals surface area contributed by atoms with E-state index in [1.165, 1.54) is 25.7 Å². The summed E-state index contributed by atoms with van der Waals surface area (Å²) < 4.78 is 1.98. The second-order valence-electron chi connectivity index (χ2n) is 6.65. The van der Waals surface area contributed by atoms with Crippen molar-refractivity contribution in [2.75, 3.05) is 0 Å². The molecular weight excluding hydrogens is 430 g/mol.